The van der Waals surface area contributed by atoms with Crippen LogP contribution in [0.4, 0.5) is 11.4 Å². The third kappa shape index (κ3) is 3.79. The zero-order valence-electron chi connectivity index (χ0n) is 16.7. The predicted molar refractivity (Wildman–Crippen MR) is 118 cm³/mol. The lowest BCUT2D eigenvalue weighted by Gasteiger charge is -2.35. The fourth-order valence-corrected chi connectivity index (χ4v) is 4.40. The molecule has 0 saturated carbocycles. The fraction of sp³-hybridized carbons (Fsp3) is 0.318. The van der Waals surface area contributed by atoms with Gasteiger partial charge in [-0.3, -0.25) is 14.4 Å². The van der Waals surface area contributed by atoms with E-state index in [4.69, 9.17) is 0 Å². The van der Waals surface area contributed by atoms with Crippen molar-refractivity contribution in [2.75, 3.05) is 42.5 Å². The molecule has 0 radical (unpaired) electrons. The summed E-state index contributed by atoms with van der Waals surface area (Å²) in [6, 6.07) is 14.7. The minimum atomic E-state index is -0.848. The Bertz CT molecular complexity index is 974. The molecule has 0 unspecified atom stereocenters. The minimum Gasteiger partial charge on any atom is -0.368 e. The van der Waals surface area contributed by atoms with Crippen LogP contribution >= 0.6 is 15.9 Å². The molecule has 3 amide bonds. The molecule has 0 aliphatic carbocycles. The number of fused-ring (bicyclic) bond motifs is 1. The topological polar surface area (TPSA) is 73.0 Å². The number of anilines is 2. The predicted octanol–water partition coefficient (Wildman–Crippen LogP) is 2.32. The number of nitrogens with zero attached hydrogens (tertiary/aromatic N) is 3. The first-order valence-corrected chi connectivity index (χ1v) is 10.8. The maximum Gasteiger partial charge on any atom is 0.312 e. The van der Waals surface area contributed by atoms with Crippen LogP contribution in [0.1, 0.15) is 18.5 Å². The van der Waals surface area contributed by atoms with E-state index in [1.165, 1.54) is 0 Å². The SMILES string of the molecule is CCN1C(=O)[C@@H](NC(=O)C(=O)N2CCN(c3ccccc3)CC2)c2cc(Br)ccc21. The summed E-state index contributed by atoms with van der Waals surface area (Å²) >= 11 is 3.41. The van der Waals surface area contributed by atoms with Crippen molar-refractivity contribution in [2.45, 2.75) is 13.0 Å². The minimum absolute atomic E-state index is 0.222. The summed E-state index contributed by atoms with van der Waals surface area (Å²) in [6.07, 6.45) is 0. The number of benzene rings is 2. The van der Waals surface area contributed by atoms with E-state index in [9.17, 15) is 14.4 Å². The van der Waals surface area contributed by atoms with Gasteiger partial charge in [0.1, 0.15) is 6.04 Å². The van der Waals surface area contributed by atoms with Crippen molar-refractivity contribution >= 4 is 45.0 Å². The third-order valence-corrected chi connectivity index (χ3v) is 6.07. The molecule has 0 bridgehead atoms. The van der Waals surface area contributed by atoms with Crippen LogP contribution < -0.4 is 15.1 Å². The number of amides is 3. The van der Waals surface area contributed by atoms with Crippen LogP contribution in [-0.4, -0.2) is 55.3 Å². The lowest BCUT2D eigenvalue weighted by Crippen LogP contribution is -2.53. The molecule has 0 aromatic heterocycles. The summed E-state index contributed by atoms with van der Waals surface area (Å²) in [4.78, 5) is 43.6. The van der Waals surface area contributed by atoms with E-state index in [0.29, 0.717) is 38.3 Å². The summed E-state index contributed by atoms with van der Waals surface area (Å²) in [5, 5.41) is 2.66. The standard InChI is InChI=1S/C22H23BrN4O3/c1-2-27-18-9-8-15(23)14-17(18)19(21(27)29)24-20(28)22(30)26-12-10-25(11-13-26)16-6-4-3-5-7-16/h3-9,14,19H,2,10-13H2,1H3,(H,24,28)/t19-/m0/s1. The molecule has 156 valence electrons. The van der Waals surface area contributed by atoms with E-state index >= 15 is 0 Å². The maximum atomic E-state index is 12.8. The molecular formula is C22H23BrN4O3. The average molecular weight is 471 g/mol. The second kappa shape index (κ2) is 8.47. The summed E-state index contributed by atoms with van der Waals surface area (Å²) in [7, 11) is 0. The van der Waals surface area contributed by atoms with Gasteiger partial charge in [-0.25, -0.2) is 0 Å². The van der Waals surface area contributed by atoms with Crippen LogP contribution in [0.25, 0.3) is 0 Å². The zero-order chi connectivity index (χ0) is 21.3. The number of para-hydroxylation sites is 1. The van der Waals surface area contributed by atoms with Gasteiger partial charge in [-0.2, -0.15) is 0 Å². The molecule has 0 spiro atoms. The molecule has 2 heterocycles. The monoisotopic (exact) mass is 470 g/mol. The Labute approximate surface area is 183 Å². The van der Waals surface area contributed by atoms with Gasteiger partial charge in [0, 0.05) is 54.1 Å². The fourth-order valence-electron chi connectivity index (χ4n) is 4.02. The number of carbonyl (C=O) groups excluding carboxylic acids is 3. The van der Waals surface area contributed by atoms with Gasteiger partial charge >= 0.3 is 11.8 Å². The molecule has 2 aromatic carbocycles. The van der Waals surface area contributed by atoms with Crippen molar-refractivity contribution < 1.29 is 14.4 Å². The molecule has 1 fully saturated rings. The number of carbonyl (C=O) groups is 3. The van der Waals surface area contributed by atoms with Crippen LogP contribution in [-0.2, 0) is 14.4 Å². The van der Waals surface area contributed by atoms with Crippen LogP contribution in [0.5, 0.6) is 0 Å². The van der Waals surface area contributed by atoms with Gasteiger partial charge in [-0.1, -0.05) is 34.1 Å². The molecule has 1 atom stereocenters. The van der Waals surface area contributed by atoms with E-state index in [2.05, 4.69) is 26.1 Å². The van der Waals surface area contributed by atoms with Crippen LogP contribution in [0, 0.1) is 0 Å². The van der Waals surface area contributed by atoms with Crippen molar-refractivity contribution in [3.05, 3.63) is 58.6 Å². The molecule has 2 aliphatic heterocycles. The van der Waals surface area contributed by atoms with Crippen LogP contribution in [0.2, 0.25) is 0 Å². The van der Waals surface area contributed by atoms with Crippen molar-refractivity contribution in [3.63, 3.8) is 0 Å². The van der Waals surface area contributed by atoms with Gasteiger partial charge in [0.2, 0.25) is 0 Å². The molecular weight excluding hydrogens is 448 g/mol. The molecule has 1 saturated heterocycles. The molecule has 8 heteroatoms. The molecule has 2 aliphatic rings. The Morgan fingerprint density at radius 3 is 2.43 bits per heavy atom. The molecule has 2 aromatic rings. The van der Waals surface area contributed by atoms with E-state index in [0.717, 1.165) is 15.8 Å². The average Bonchev–Trinajstić information content (AvgIpc) is 3.04. The van der Waals surface area contributed by atoms with E-state index < -0.39 is 17.9 Å². The molecule has 7 nitrogen and oxygen atoms in total. The van der Waals surface area contributed by atoms with E-state index in [1.807, 2.05) is 55.5 Å². The lowest BCUT2D eigenvalue weighted by molar-refractivity contribution is -0.146. The normalized spacial score (nSPS) is 18.4. The number of piperazine rings is 1. The summed E-state index contributed by atoms with van der Waals surface area (Å²) in [5.74, 6) is -1.56. The van der Waals surface area contributed by atoms with Crippen LogP contribution in [0.3, 0.4) is 0 Å². The van der Waals surface area contributed by atoms with E-state index in [-0.39, 0.29) is 5.91 Å². The summed E-state index contributed by atoms with van der Waals surface area (Å²) in [5.41, 5.74) is 2.57. The Hall–Kier alpha value is -2.87. The quantitative estimate of drug-likeness (QED) is 0.698. The highest BCUT2D eigenvalue weighted by Crippen LogP contribution is 2.37. The van der Waals surface area contributed by atoms with Gasteiger partial charge in [0.05, 0.1) is 0 Å². The number of hydrogen-bond acceptors (Lipinski definition) is 4. The van der Waals surface area contributed by atoms with Gasteiger partial charge in [0.15, 0.2) is 0 Å². The highest BCUT2D eigenvalue weighted by molar-refractivity contribution is 9.10. The zero-order valence-corrected chi connectivity index (χ0v) is 18.3. The second-order valence-electron chi connectivity index (χ2n) is 7.31. The van der Waals surface area contributed by atoms with Crippen molar-refractivity contribution in [2.24, 2.45) is 0 Å². The molecule has 4 rings (SSSR count). The smallest absolute Gasteiger partial charge is 0.312 e. The Morgan fingerprint density at radius 1 is 1.07 bits per heavy atom. The van der Waals surface area contributed by atoms with E-state index in [1.54, 1.807) is 9.80 Å². The van der Waals surface area contributed by atoms with Crippen molar-refractivity contribution in [3.8, 4) is 0 Å². The number of hydrogen-bond donors (Lipinski definition) is 1. The number of likely N-dealkylation sites (N-methyl/N-ethyl adjacent to an activating group) is 1. The lowest BCUT2D eigenvalue weighted by atomic mass is 10.1. The van der Waals surface area contributed by atoms with Gasteiger partial charge < -0.3 is 20.0 Å². The van der Waals surface area contributed by atoms with Crippen LogP contribution in [0.15, 0.2) is 53.0 Å². The Morgan fingerprint density at radius 2 is 1.77 bits per heavy atom. The highest BCUT2D eigenvalue weighted by atomic mass is 79.9. The number of rotatable bonds is 3. The van der Waals surface area contributed by atoms with Gasteiger partial charge in [-0.05, 0) is 37.3 Å². The second-order valence-corrected chi connectivity index (χ2v) is 8.22. The first-order chi connectivity index (χ1) is 14.5. The summed E-state index contributed by atoms with van der Waals surface area (Å²) in [6.45, 7) is 4.61. The molecule has 30 heavy (non-hydrogen) atoms. The van der Waals surface area contributed by atoms with Gasteiger partial charge in [-0.15, -0.1) is 0 Å². The Balaban J connectivity index is 1.42. The maximum absolute atomic E-state index is 12.8. The van der Waals surface area contributed by atoms with Gasteiger partial charge in [0.25, 0.3) is 5.91 Å². The third-order valence-electron chi connectivity index (χ3n) is 5.58. The Kier molecular flexibility index (Phi) is 5.76. The van der Waals surface area contributed by atoms with Crippen molar-refractivity contribution in [1.29, 1.82) is 0 Å². The number of nitrogens with one attached hydrogen (secondary N) is 1. The largest absolute Gasteiger partial charge is 0.368 e. The first kappa shape index (κ1) is 20.4. The van der Waals surface area contributed by atoms with Crippen molar-refractivity contribution in [1.82, 2.24) is 10.2 Å². The first-order valence-electron chi connectivity index (χ1n) is 10.00. The summed E-state index contributed by atoms with van der Waals surface area (Å²) < 4.78 is 0.814. The molecule has 1 N–H and O–H groups in total. The highest BCUT2D eigenvalue weighted by Gasteiger charge is 2.39. The number of halogens is 1.